The Labute approximate surface area is 166 Å². The van der Waals surface area contributed by atoms with Crippen molar-refractivity contribution in [2.45, 2.75) is 6.10 Å². The highest BCUT2D eigenvalue weighted by atomic mass is 16.6. The number of hydrogen-bond donors (Lipinski definition) is 2. The maximum atomic E-state index is 12.2. The van der Waals surface area contributed by atoms with Crippen LogP contribution in [0.1, 0.15) is 10.4 Å². The van der Waals surface area contributed by atoms with Gasteiger partial charge in [0.2, 0.25) is 0 Å². The smallest absolute Gasteiger partial charge is 0.342 e. The molecule has 4 rings (SSSR count). The van der Waals surface area contributed by atoms with E-state index in [2.05, 4.69) is 5.32 Å². The molecule has 1 amide bonds. The third-order valence-corrected chi connectivity index (χ3v) is 4.51. The second-order valence-electron chi connectivity index (χ2n) is 6.59. The van der Waals surface area contributed by atoms with E-state index < -0.39 is 18.5 Å². The van der Waals surface area contributed by atoms with Crippen molar-refractivity contribution in [1.29, 1.82) is 0 Å². The molecule has 0 spiro atoms. The molecule has 3 aromatic rings. The Balaban J connectivity index is 1.29. The van der Waals surface area contributed by atoms with Crippen LogP contribution in [0.4, 0.5) is 0 Å². The van der Waals surface area contributed by atoms with E-state index in [0.717, 1.165) is 10.8 Å². The molecule has 29 heavy (non-hydrogen) atoms. The Morgan fingerprint density at radius 2 is 1.72 bits per heavy atom. The summed E-state index contributed by atoms with van der Waals surface area (Å²) in [5, 5.41) is 14.3. The highest BCUT2D eigenvalue weighted by Gasteiger charge is 2.21. The normalized spacial score (nSPS) is 15.0. The number of nitrogens with one attached hydrogen (secondary N) is 1. The van der Waals surface area contributed by atoms with Crippen molar-refractivity contribution in [2.24, 2.45) is 0 Å². The van der Waals surface area contributed by atoms with Gasteiger partial charge in [0.15, 0.2) is 18.1 Å². The van der Waals surface area contributed by atoms with Crippen molar-refractivity contribution in [3.05, 3.63) is 66.2 Å². The van der Waals surface area contributed by atoms with Gasteiger partial charge >= 0.3 is 5.97 Å². The predicted octanol–water partition coefficient (Wildman–Crippen LogP) is 2.66. The van der Waals surface area contributed by atoms with Crippen molar-refractivity contribution >= 4 is 22.6 Å². The molecular weight excluding hydrogens is 374 g/mol. The van der Waals surface area contributed by atoms with Crippen molar-refractivity contribution in [3.8, 4) is 17.2 Å². The van der Waals surface area contributed by atoms with Gasteiger partial charge in [-0.15, -0.1) is 0 Å². The minimum Gasteiger partial charge on any atom is -0.507 e. The second-order valence-corrected chi connectivity index (χ2v) is 6.59. The van der Waals surface area contributed by atoms with Gasteiger partial charge in [0.25, 0.3) is 5.91 Å². The van der Waals surface area contributed by atoms with Crippen LogP contribution in [0, 0.1) is 0 Å². The minimum absolute atomic E-state index is 0.0112. The number of carbonyl (C=O) groups excluding carboxylic acids is 2. The van der Waals surface area contributed by atoms with E-state index in [0.29, 0.717) is 18.1 Å². The summed E-state index contributed by atoms with van der Waals surface area (Å²) in [6.45, 7) is 0.0588. The van der Waals surface area contributed by atoms with Crippen LogP contribution in [0.2, 0.25) is 0 Å². The lowest BCUT2D eigenvalue weighted by Crippen LogP contribution is -2.42. The molecule has 0 saturated heterocycles. The van der Waals surface area contributed by atoms with Crippen molar-refractivity contribution in [3.63, 3.8) is 0 Å². The second kappa shape index (κ2) is 8.10. The zero-order valence-corrected chi connectivity index (χ0v) is 15.5. The van der Waals surface area contributed by atoms with Gasteiger partial charge in [-0.2, -0.15) is 0 Å². The summed E-state index contributed by atoms with van der Waals surface area (Å²) in [5.41, 5.74) is 0.0112. The fourth-order valence-corrected chi connectivity index (χ4v) is 3.04. The molecule has 0 aromatic heterocycles. The van der Waals surface area contributed by atoms with E-state index in [1.807, 2.05) is 42.5 Å². The number of amides is 1. The number of hydrogen-bond acceptors (Lipinski definition) is 6. The Morgan fingerprint density at radius 3 is 2.52 bits per heavy atom. The van der Waals surface area contributed by atoms with Crippen LogP contribution >= 0.6 is 0 Å². The zero-order valence-electron chi connectivity index (χ0n) is 15.5. The quantitative estimate of drug-likeness (QED) is 0.648. The monoisotopic (exact) mass is 393 g/mol. The molecule has 0 radical (unpaired) electrons. The number of rotatable bonds is 5. The summed E-state index contributed by atoms with van der Waals surface area (Å²) in [7, 11) is 0. The van der Waals surface area contributed by atoms with E-state index in [9.17, 15) is 14.7 Å². The van der Waals surface area contributed by atoms with Gasteiger partial charge in [-0.3, -0.25) is 4.79 Å². The van der Waals surface area contributed by atoms with E-state index >= 15 is 0 Å². The first kappa shape index (κ1) is 18.6. The number of para-hydroxylation sites is 2. The molecule has 0 bridgehead atoms. The van der Waals surface area contributed by atoms with E-state index in [1.165, 1.54) is 12.1 Å². The molecule has 1 heterocycles. The highest BCUT2D eigenvalue weighted by molar-refractivity contribution is 5.99. The SMILES string of the molecule is O=C(COC(=O)c1cc2ccccc2cc1O)NCC1COc2ccccc2O1. The van der Waals surface area contributed by atoms with Crippen LogP contribution in [0.15, 0.2) is 60.7 Å². The van der Waals surface area contributed by atoms with Gasteiger partial charge in [-0.1, -0.05) is 36.4 Å². The number of ether oxygens (including phenoxy) is 3. The van der Waals surface area contributed by atoms with Crippen LogP contribution in [-0.2, 0) is 9.53 Å². The first-order valence-electron chi connectivity index (χ1n) is 9.14. The molecule has 7 heteroatoms. The van der Waals surface area contributed by atoms with Gasteiger partial charge in [0.05, 0.1) is 6.54 Å². The highest BCUT2D eigenvalue weighted by Crippen LogP contribution is 2.30. The van der Waals surface area contributed by atoms with Gasteiger partial charge in [-0.25, -0.2) is 4.79 Å². The number of phenols is 1. The van der Waals surface area contributed by atoms with Gasteiger partial charge in [0.1, 0.15) is 24.0 Å². The Bertz CT molecular complexity index is 1060. The van der Waals surface area contributed by atoms with E-state index in [1.54, 1.807) is 6.07 Å². The first-order chi connectivity index (χ1) is 14.1. The maximum Gasteiger partial charge on any atom is 0.342 e. The van der Waals surface area contributed by atoms with E-state index in [4.69, 9.17) is 14.2 Å². The van der Waals surface area contributed by atoms with Crippen LogP contribution in [0.5, 0.6) is 17.2 Å². The molecule has 1 aliphatic heterocycles. The number of benzene rings is 3. The van der Waals surface area contributed by atoms with Gasteiger partial charge in [0, 0.05) is 0 Å². The topological polar surface area (TPSA) is 94.1 Å². The fraction of sp³-hybridized carbons (Fsp3) is 0.182. The predicted molar refractivity (Wildman–Crippen MR) is 105 cm³/mol. The summed E-state index contributed by atoms with van der Waals surface area (Å²) >= 11 is 0. The molecule has 1 unspecified atom stereocenters. The van der Waals surface area contributed by atoms with Crippen LogP contribution in [-0.4, -0.2) is 42.8 Å². The third-order valence-electron chi connectivity index (χ3n) is 4.51. The van der Waals surface area contributed by atoms with Gasteiger partial charge in [-0.05, 0) is 35.0 Å². The summed E-state index contributed by atoms with van der Waals surface area (Å²) in [4.78, 5) is 24.3. The lowest BCUT2D eigenvalue weighted by molar-refractivity contribution is -0.124. The molecule has 0 fully saturated rings. The Kier molecular flexibility index (Phi) is 5.20. The Hall–Kier alpha value is -3.74. The molecular formula is C22H19NO6. The molecule has 7 nitrogen and oxygen atoms in total. The standard InChI is InChI=1S/C22H19NO6/c24-18-10-15-6-2-1-5-14(15)9-17(18)22(26)28-13-21(25)23-11-16-12-27-19-7-3-4-8-20(19)29-16/h1-10,16,24H,11-13H2,(H,23,25). The number of carbonyl (C=O) groups is 2. The molecule has 1 atom stereocenters. The average Bonchev–Trinajstić information content (AvgIpc) is 2.75. The molecule has 1 aliphatic rings. The summed E-state index contributed by atoms with van der Waals surface area (Å²) in [5.74, 6) is -0.147. The third kappa shape index (κ3) is 4.24. The van der Waals surface area contributed by atoms with Crippen molar-refractivity contribution in [2.75, 3.05) is 19.8 Å². The number of phenolic OH excluding ortho intramolecular Hbond substituents is 1. The molecule has 148 valence electrons. The largest absolute Gasteiger partial charge is 0.507 e. The van der Waals surface area contributed by atoms with E-state index in [-0.39, 0.29) is 24.0 Å². The lowest BCUT2D eigenvalue weighted by Gasteiger charge is -2.26. The van der Waals surface area contributed by atoms with Gasteiger partial charge < -0.3 is 24.6 Å². The number of fused-ring (bicyclic) bond motifs is 2. The lowest BCUT2D eigenvalue weighted by atomic mass is 10.1. The van der Waals surface area contributed by atoms with Crippen molar-refractivity contribution < 1.29 is 28.9 Å². The molecule has 0 saturated carbocycles. The molecule has 3 aromatic carbocycles. The summed E-state index contributed by atoms with van der Waals surface area (Å²) in [6.07, 6.45) is -0.339. The van der Waals surface area contributed by atoms with Crippen LogP contribution in [0.25, 0.3) is 10.8 Å². The molecule has 0 aliphatic carbocycles. The molecule has 2 N–H and O–H groups in total. The Morgan fingerprint density at radius 1 is 1.03 bits per heavy atom. The summed E-state index contributed by atoms with van der Waals surface area (Å²) < 4.78 is 16.4. The van der Waals surface area contributed by atoms with Crippen LogP contribution < -0.4 is 14.8 Å². The fourth-order valence-electron chi connectivity index (χ4n) is 3.04. The maximum absolute atomic E-state index is 12.2. The average molecular weight is 393 g/mol. The minimum atomic E-state index is -0.769. The first-order valence-corrected chi connectivity index (χ1v) is 9.14. The van der Waals surface area contributed by atoms with Crippen molar-refractivity contribution in [1.82, 2.24) is 5.32 Å². The van der Waals surface area contributed by atoms with Crippen LogP contribution in [0.3, 0.4) is 0 Å². The number of esters is 1. The summed E-state index contributed by atoms with van der Waals surface area (Å²) in [6, 6.07) is 17.6. The number of aromatic hydroxyl groups is 1. The zero-order chi connectivity index (χ0) is 20.2.